The molecule has 1 aromatic carbocycles. The number of nitrogens with one attached hydrogen (secondary N) is 1. The first kappa shape index (κ1) is 23.9. The summed E-state index contributed by atoms with van der Waals surface area (Å²) in [7, 11) is 0. The standard InChI is InChI=1S/C21H30N4O2.2ClH/c26-20-14-22-10-13-25(20)18-8-4-12-24(16-18)21(27)19-9-5-11-23(19)15-17-6-2-1-3-7-17;;/h1-3,6-7,18-19,22H,4-5,8-16H2;2*1H. The molecule has 4 rings (SSSR count). The third kappa shape index (κ3) is 5.63. The monoisotopic (exact) mass is 442 g/mol. The van der Waals surface area contributed by atoms with E-state index >= 15 is 0 Å². The lowest BCUT2D eigenvalue weighted by Gasteiger charge is -2.42. The van der Waals surface area contributed by atoms with Crippen molar-refractivity contribution in [2.45, 2.75) is 44.3 Å². The van der Waals surface area contributed by atoms with Crippen LogP contribution in [0.5, 0.6) is 0 Å². The van der Waals surface area contributed by atoms with Gasteiger partial charge in [-0.2, -0.15) is 0 Å². The average Bonchev–Trinajstić information content (AvgIpc) is 3.17. The Morgan fingerprint density at radius 2 is 1.79 bits per heavy atom. The van der Waals surface area contributed by atoms with Crippen molar-refractivity contribution in [3.05, 3.63) is 35.9 Å². The van der Waals surface area contributed by atoms with Crippen LogP contribution in [0, 0.1) is 0 Å². The number of piperidine rings is 1. The summed E-state index contributed by atoms with van der Waals surface area (Å²) in [6.45, 7) is 5.38. The van der Waals surface area contributed by atoms with E-state index in [9.17, 15) is 9.59 Å². The zero-order valence-electron chi connectivity index (χ0n) is 16.8. The minimum Gasteiger partial charge on any atom is -0.339 e. The maximum Gasteiger partial charge on any atom is 0.240 e. The second-order valence-electron chi connectivity index (χ2n) is 7.96. The van der Waals surface area contributed by atoms with Gasteiger partial charge in [0, 0.05) is 38.8 Å². The van der Waals surface area contributed by atoms with E-state index < -0.39 is 0 Å². The van der Waals surface area contributed by atoms with Crippen LogP contribution in [0.2, 0.25) is 0 Å². The highest BCUT2D eigenvalue weighted by Gasteiger charge is 2.37. The molecule has 3 aliphatic rings. The topological polar surface area (TPSA) is 55.9 Å². The van der Waals surface area contributed by atoms with Crippen LogP contribution >= 0.6 is 24.8 Å². The Morgan fingerprint density at radius 3 is 2.55 bits per heavy atom. The second-order valence-corrected chi connectivity index (χ2v) is 7.96. The summed E-state index contributed by atoms with van der Waals surface area (Å²) in [5, 5.41) is 3.13. The lowest BCUT2D eigenvalue weighted by atomic mass is 10.0. The molecular formula is C21H32Cl2N4O2. The lowest BCUT2D eigenvalue weighted by Crippen LogP contribution is -2.59. The van der Waals surface area contributed by atoms with Crippen molar-refractivity contribution < 1.29 is 9.59 Å². The summed E-state index contributed by atoms with van der Waals surface area (Å²) < 4.78 is 0. The van der Waals surface area contributed by atoms with Gasteiger partial charge in [0.15, 0.2) is 0 Å². The number of amides is 2. The second kappa shape index (κ2) is 11.2. The number of hydrogen-bond donors (Lipinski definition) is 1. The van der Waals surface area contributed by atoms with Crippen molar-refractivity contribution in [3.8, 4) is 0 Å². The molecule has 2 atom stereocenters. The highest BCUT2D eigenvalue weighted by Crippen LogP contribution is 2.24. The van der Waals surface area contributed by atoms with E-state index in [0.29, 0.717) is 13.1 Å². The maximum absolute atomic E-state index is 13.3. The molecule has 2 amide bonds. The minimum absolute atomic E-state index is 0. The Morgan fingerprint density at radius 1 is 1.03 bits per heavy atom. The quantitative estimate of drug-likeness (QED) is 0.773. The molecule has 3 aliphatic heterocycles. The molecule has 0 spiro atoms. The molecule has 29 heavy (non-hydrogen) atoms. The van der Waals surface area contributed by atoms with Gasteiger partial charge in [-0.05, 0) is 37.8 Å². The Labute approximate surface area is 185 Å². The number of piperazine rings is 1. The van der Waals surface area contributed by atoms with Gasteiger partial charge in [0.05, 0.1) is 12.6 Å². The van der Waals surface area contributed by atoms with Crippen molar-refractivity contribution in [1.82, 2.24) is 20.0 Å². The Hall–Kier alpha value is -1.34. The molecule has 0 aromatic heterocycles. The number of benzene rings is 1. The zero-order chi connectivity index (χ0) is 18.6. The maximum atomic E-state index is 13.3. The number of rotatable bonds is 4. The molecular weight excluding hydrogens is 411 g/mol. The molecule has 162 valence electrons. The van der Waals surface area contributed by atoms with Gasteiger partial charge in [-0.25, -0.2) is 0 Å². The largest absolute Gasteiger partial charge is 0.339 e. The molecule has 2 unspecified atom stereocenters. The fourth-order valence-corrected chi connectivity index (χ4v) is 4.74. The molecule has 3 heterocycles. The number of hydrogen-bond acceptors (Lipinski definition) is 4. The number of halogens is 2. The van der Waals surface area contributed by atoms with Crippen LogP contribution in [0.4, 0.5) is 0 Å². The van der Waals surface area contributed by atoms with E-state index in [-0.39, 0.29) is 48.7 Å². The van der Waals surface area contributed by atoms with Crippen LogP contribution in [-0.2, 0) is 16.1 Å². The molecule has 0 aliphatic carbocycles. The average molecular weight is 443 g/mol. The van der Waals surface area contributed by atoms with Crippen molar-refractivity contribution >= 4 is 36.6 Å². The van der Waals surface area contributed by atoms with Crippen molar-refractivity contribution in [1.29, 1.82) is 0 Å². The van der Waals surface area contributed by atoms with E-state index in [0.717, 1.165) is 58.4 Å². The van der Waals surface area contributed by atoms with Crippen LogP contribution in [0.1, 0.15) is 31.2 Å². The van der Waals surface area contributed by atoms with Gasteiger partial charge in [0.25, 0.3) is 0 Å². The molecule has 1 N–H and O–H groups in total. The van der Waals surface area contributed by atoms with Gasteiger partial charge in [0.2, 0.25) is 11.8 Å². The van der Waals surface area contributed by atoms with E-state index in [1.807, 2.05) is 15.9 Å². The highest BCUT2D eigenvalue weighted by molar-refractivity contribution is 5.85. The Bertz CT molecular complexity index is 676. The van der Waals surface area contributed by atoms with E-state index in [1.54, 1.807) is 0 Å². The van der Waals surface area contributed by atoms with Crippen LogP contribution < -0.4 is 5.32 Å². The number of carbonyl (C=O) groups is 2. The normalized spacial score (nSPS) is 25.3. The van der Waals surface area contributed by atoms with Gasteiger partial charge in [0.1, 0.15) is 0 Å². The van der Waals surface area contributed by atoms with Crippen LogP contribution in [0.25, 0.3) is 0 Å². The van der Waals surface area contributed by atoms with E-state index in [1.165, 1.54) is 5.56 Å². The molecule has 3 saturated heterocycles. The fourth-order valence-electron chi connectivity index (χ4n) is 4.74. The van der Waals surface area contributed by atoms with Crippen LogP contribution in [0.15, 0.2) is 30.3 Å². The van der Waals surface area contributed by atoms with E-state index in [4.69, 9.17) is 0 Å². The minimum atomic E-state index is -0.0114. The SMILES string of the molecule is Cl.Cl.O=C(C1CCCN1Cc1ccccc1)N1CCCC(N2CCNCC2=O)C1. The third-order valence-corrected chi connectivity index (χ3v) is 6.15. The van der Waals surface area contributed by atoms with Crippen molar-refractivity contribution in [3.63, 3.8) is 0 Å². The summed E-state index contributed by atoms with van der Waals surface area (Å²) >= 11 is 0. The van der Waals surface area contributed by atoms with Crippen LogP contribution in [0.3, 0.4) is 0 Å². The smallest absolute Gasteiger partial charge is 0.240 e. The molecule has 1 aromatic rings. The molecule has 6 nitrogen and oxygen atoms in total. The zero-order valence-corrected chi connectivity index (χ0v) is 18.4. The third-order valence-electron chi connectivity index (χ3n) is 6.15. The van der Waals surface area contributed by atoms with Gasteiger partial charge in [-0.1, -0.05) is 30.3 Å². The van der Waals surface area contributed by atoms with Gasteiger partial charge >= 0.3 is 0 Å². The summed E-state index contributed by atoms with van der Waals surface area (Å²) in [6, 6.07) is 10.6. The summed E-state index contributed by atoms with van der Waals surface area (Å²) in [4.78, 5) is 31.9. The lowest BCUT2D eigenvalue weighted by molar-refractivity contribution is -0.143. The van der Waals surface area contributed by atoms with E-state index in [2.05, 4.69) is 34.5 Å². The van der Waals surface area contributed by atoms with Gasteiger partial charge < -0.3 is 15.1 Å². The first-order valence-corrected chi connectivity index (χ1v) is 10.3. The molecule has 0 bridgehead atoms. The van der Waals surface area contributed by atoms with Gasteiger partial charge in [-0.3, -0.25) is 14.5 Å². The first-order chi connectivity index (χ1) is 13.2. The Balaban J connectivity index is 0.00000150. The predicted molar refractivity (Wildman–Crippen MR) is 119 cm³/mol. The Kier molecular flexibility index (Phi) is 9.21. The van der Waals surface area contributed by atoms with Gasteiger partial charge in [-0.15, -0.1) is 24.8 Å². The summed E-state index contributed by atoms with van der Waals surface area (Å²) in [6.07, 6.45) is 4.02. The molecule has 8 heteroatoms. The molecule has 0 saturated carbocycles. The molecule has 0 radical (unpaired) electrons. The van der Waals surface area contributed by atoms with Crippen molar-refractivity contribution in [2.24, 2.45) is 0 Å². The highest BCUT2D eigenvalue weighted by atomic mass is 35.5. The summed E-state index contributed by atoms with van der Waals surface area (Å²) in [5.41, 5.74) is 1.26. The number of carbonyl (C=O) groups excluding carboxylic acids is 2. The van der Waals surface area contributed by atoms with Crippen molar-refractivity contribution in [2.75, 3.05) is 39.3 Å². The van der Waals surface area contributed by atoms with Crippen LogP contribution in [-0.4, -0.2) is 77.9 Å². The fraction of sp³-hybridized carbons (Fsp3) is 0.619. The first-order valence-electron chi connectivity index (χ1n) is 10.3. The molecule has 3 fully saturated rings. The predicted octanol–water partition coefficient (Wildman–Crippen LogP) is 1.92. The number of likely N-dealkylation sites (tertiary alicyclic amines) is 2. The number of nitrogens with zero attached hydrogens (tertiary/aromatic N) is 3. The summed E-state index contributed by atoms with van der Waals surface area (Å²) in [5.74, 6) is 0.433.